The minimum Gasteiger partial charge on any atom is -0.496 e. The van der Waals surface area contributed by atoms with Crippen LogP contribution in [0.5, 0.6) is 11.5 Å². The zero-order valence-electron chi connectivity index (χ0n) is 14.4. The van der Waals surface area contributed by atoms with Gasteiger partial charge in [-0.2, -0.15) is 5.26 Å². The number of para-hydroxylation sites is 2. The van der Waals surface area contributed by atoms with Crippen molar-refractivity contribution < 1.29 is 28.6 Å². The van der Waals surface area contributed by atoms with E-state index in [4.69, 9.17) is 19.5 Å². The van der Waals surface area contributed by atoms with E-state index in [1.165, 1.54) is 25.3 Å². The molecule has 0 heterocycles. The van der Waals surface area contributed by atoms with Crippen LogP contribution in [0.1, 0.15) is 15.9 Å². The summed E-state index contributed by atoms with van der Waals surface area (Å²) >= 11 is 0. The quantitative estimate of drug-likeness (QED) is 0.736. The first-order chi connectivity index (χ1) is 13.0. The molecule has 0 spiro atoms. The summed E-state index contributed by atoms with van der Waals surface area (Å²) in [4.78, 5) is 35.5. The highest BCUT2D eigenvalue weighted by Gasteiger charge is 2.16. The number of benzene rings is 2. The van der Waals surface area contributed by atoms with Crippen molar-refractivity contribution in [3.05, 3.63) is 59.7 Å². The Morgan fingerprint density at radius 2 is 1.67 bits per heavy atom. The highest BCUT2D eigenvalue weighted by Crippen LogP contribution is 2.17. The van der Waals surface area contributed by atoms with Gasteiger partial charge in [-0.15, -0.1) is 0 Å². The molecule has 2 aromatic rings. The fraction of sp³-hybridized carbons (Fsp3) is 0.158. The lowest BCUT2D eigenvalue weighted by atomic mass is 10.2. The molecule has 2 amide bonds. The van der Waals surface area contributed by atoms with Gasteiger partial charge in [-0.25, -0.2) is 4.79 Å². The number of amides is 2. The van der Waals surface area contributed by atoms with Gasteiger partial charge in [0.2, 0.25) is 0 Å². The summed E-state index contributed by atoms with van der Waals surface area (Å²) in [6.07, 6.45) is 0. The van der Waals surface area contributed by atoms with Crippen LogP contribution < -0.4 is 14.8 Å². The molecule has 138 valence electrons. The SMILES string of the molecule is COc1ccccc1C(=O)NC(=O)COC(=O)COc1ccccc1C#N. The van der Waals surface area contributed by atoms with Gasteiger partial charge in [0.1, 0.15) is 17.6 Å². The average Bonchev–Trinajstić information content (AvgIpc) is 2.70. The zero-order valence-corrected chi connectivity index (χ0v) is 14.4. The molecule has 2 rings (SSSR count). The van der Waals surface area contributed by atoms with E-state index in [0.29, 0.717) is 5.75 Å². The Morgan fingerprint density at radius 1 is 1.00 bits per heavy atom. The molecule has 0 atom stereocenters. The van der Waals surface area contributed by atoms with E-state index in [9.17, 15) is 14.4 Å². The fourth-order valence-electron chi connectivity index (χ4n) is 2.07. The Labute approximate surface area is 155 Å². The molecule has 0 aromatic heterocycles. The standard InChI is InChI=1S/C19H16N2O6/c1-25-16-9-5-3-7-14(16)19(24)21-17(22)11-27-18(23)12-26-15-8-4-2-6-13(15)10-20/h2-9H,11-12H2,1H3,(H,21,22,24). The average molecular weight is 368 g/mol. The third kappa shape index (κ3) is 5.57. The number of nitrogens with one attached hydrogen (secondary N) is 1. The Bertz CT molecular complexity index is 888. The van der Waals surface area contributed by atoms with Crippen LogP contribution in [0.4, 0.5) is 0 Å². The van der Waals surface area contributed by atoms with E-state index in [2.05, 4.69) is 5.32 Å². The van der Waals surface area contributed by atoms with E-state index >= 15 is 0 Å². The molecule has 8 nitrogen and oxygen atoms in total. The maximum absolute atomic E-state index is 12.1. The predicted octanol–water partition coefficient (Wildman–Crippen LogP) is 1.45. The number of carbonyl (C=O) groups excluding carboxylic acids is 3. The van der Waals surface area contributed by atoms with Gasteiger partial charge in [0.25, 0.3) is 11.8 Å². The molecule has 0 bridgehead atoms. The second-order valence-corrected chi connectivity index (χ2v) is 5.13. The Kier molecular flexibility index (Phi) is 6.91. The van der Waals surface area contributed by atoms with Gasteiger partial charge >= 0.3 is 5.97 Å². The molecule has 0 unspecified atom stereocenters. The summed E-state index contributed by atoms with van der Waals surface area (Å²) in [7, 11) is 1.40. The number of carbonyl (C=O) groups is 3. The summed E-state index contributed by atoms with van der Waals surface area (Å²) < 4.78 is 15.0. The molecule has 1 N–H and O–H groups in total. The minimum absolute atomic E-state index is 0.177. The van der Waals surface area contributed by atoms with E-state index in [-0.39, 0.29) is 16.9 Å². The second-order valence-electron chi connectivity index (χ2n) is 5.13. The smallest absolute Gasteiger partial charge is 0.344 e. The van der Waals surface area contributed by atoms with Crippen LogP contribution in [-0.2, 0) is 14.3 Å². The van der Waals surface area contributed by atoms with Crippen LogP contribution in [0.25, 0.3) is 0 Å². The summed E-state index contributed by atoms with van der Waals surface area (Å²) in [5.41, 5.74) is 0.446. The lowest BCUT2D eigenvalue weighted by Gasteiger charge is -2.09. The van der Waals surface area contributed by atoms with Gasteiger partial charge in [0.15, 0.2) is 13.2 Å². The summed E-state index contributed by atoms with van der Waals surface area (Å²) in [6.45, 7) is -1.13. The molecule has 0 saturated heterocycles. The zero-order chi connectivity index (χ0) is 19.6. The van der Waals surface area contributed by atoms with Crippen molar-refractivity contribution >= 4 is 17.8 Å². The minimum atomic E-state index is -0.817. The van der Waals surface area contributed by atoms with Crippen molar-refractivity contribution in [1.29, 1.82) is 5.26 Å². The number of methoxy groups -OCH3 is 1. The number of nitrogens with zero attached hydrogens (tertiary/aromatic N) is 1. The van der Waals surface area contributed by atoms with Crippen LogP contribution in [0.3, 0.4) is 0 Å². The molecule has 0 fully saturated rings. The van der Waals surface area contributed by atoms with Crippen molar-refractivity contribution in [2.45, 2.75) is 0 Å². The first kappa shape index (κ1) is 19.5. The monoisotopic (exact) mass is 368 g/mol. The topological polar surface area (TPSA) is 115 Å². The lowest BCUT2D eigenvalue weighted by molar-refractivity contribution is -0.150. The molecule has 0 saturated carbocycles. The fourth-order valence-corrected chi connectivity index (χ4v) is 2.07. The largest absolute Gasteiger partial charge is 0.496 e. The van der Waals surface area contributed by atoms with E-state index in [1.807, 2.05) is 6.07 Å². The molecule has 0 aliphatic carbocycles. The number of esters is 1. The van der Waals surface area contributed by atoms with Gasteiger partial charge in [0.05, 0.1) is 18.2 Å². The van der Waals surface area contributed by atoms with Crippen molar-refractivity contribution in [3.8, 4) is 17.6 Å². The van der Waals surface area contributed by atoms with Crippen molar-refractivity contribution in [1.82, 2.24) is 5.32 Å². The molecule has 0 aliphatic heterocycles. The Balaban J connectivity index is 1.80. The predicted molar refractivity (Wildman–Crippen MR) is 93.1 cm³/mol. The molecule has 27 heavy (non-hydrogen) atoms. The van der Waals surface area contributed by atoms with E-state index in [0.717, 1.165) is 0 Å². The number of hydrogen-bond acceptors (Lipinski definition) is 7. The molecular weight excluding hydrogens is 352 g/mol. The maximum atomic E-state index is 12.1. The second kappa shape index (κ2) is 9.58. The number of imide groups is 1. The third-order valence-electron chi connectivity index (χ3n) is 3.32. The molecular formula is C19H16N2O6. The van der Waals surface area contributed by atoms with Gasteiger partial charge in [-0.1, -0.05) is 24.3 Å². The maximum Gasteiger partial charge on any atom is 0.344 e. The van der Waals surface area contributed by atoms with Crippen LogP contribution in [0.2, 0.25) is 0 Å². The Morgan fingerprint density at radius 3 is 2.37 bits per heavy atom. The Hall–Kier alpha value is -3.86. The summed E-state index contributed by atoms with van der Waals surface area (Å²) in [5, 5.41) is 11.0. The number of hydrogen-bond donors (Lipinski definition) is 1. The van der Waals surface area contributed by atoms with Gasteiger partial charge in [-0.3, -0.25) is 14.9 Å². The van der Waals surface area contributed by atoms with Gasteiger partial charge < -0.3 is 14.2 Å². The van der Waals surface area contributed by atoms with Crippen molar-refractivity contribution in [2.75, 3.05) is 20.3 Å². The third-order valence-corrected chi connectivity index (χ3v) is 3.32. The van der Waals surface area contributed by atoms with E-state index in [1.54, 1.807) is 30.3 Å². The molecule has 2 aromatic carbocycles. The normalized spacial score (nSPS) is 9.63. The van der Waals surface area contributed by atoms with Gasteiger partial charge in [0, 0.05) is 0 Å². The van der Waals surface area contributed by atoms with Crippen LogP contribution in [0, 0.1) is 11.3 Å². The molecule has 8 heteroatoms. The number of ether oxygens (including phenoxy) is 3. The van der Waals surface area contributed by atoms with Crippen LogP contribution >= 0.6 is 0 Å². The van der Waals surface area contributed by atoms with Crippen molar-refractivity contribution in [3.63, 3.8) is 0 Å². The summed E-state index contributed by atoms with van der Waals surface area (Å²) in [6, 6.07) is 14.7. The lowest BCUT2D eigenvalue weighted by Crippen LogP contribution is -2.34. The van der Waals surface area contributed by atoms with Gasteiger partial charge in [-0.05, 0) is 24.3 Å². The number of rotatable bonds is 7. The number of nitriles is 1. The highest BCUT2D eigenvalue weighted by molar-refractivity contribution is 6.06. The summed E-state index contributed by atoms with van der Waals surface area (Å²) in [5.74, 6) is -1.75. The molecule has 0 radical (unpaired) electrons. The van der Waals surface area contributed by atoms with Crippen molar-refractivity contribution in [2.24, 2.45) is 0 Å². The van der Waals surface area contributed by atoms with E-state index < -0.39 is 31.0 Å². The first-order valence-electron chi connectivity index (χ1n) is 7.80. The highest BCUT2D eigenvalue weighted by atomic mass is 16.6. The first-order valence-corrected chi connectivity index (χ1v) is 7.80. The van der Waals surface area contributed by atoms with Crippen LogP contribution in [-0.4, -0.2) is 38.1 Å². The van der Waals surface area contributed by atoms with Crippen LogP contribution in [0.15, 0.2) is 48.5 Å². The molecule has 0 aliphatic rings.